The van der Waals surface area contributed by atoms with Crippen molar-refractivity contribution in [2.45, 2.75) is 0 Å². The van der Waals surface area contributed by atoms with E-state index in [4.69, 9.17) is 26.6 Å². The Bertz CT molecular complexity index is 227. The summed E-state index contributed by atoms with van der Waals surface area (Å²) in [5.41, 5.74) is 0. The first kappa shape index (κ1) is 30.0. The topological polar surface area (TPSA) is 115 Å². The molecule has 13 heavy (non-hydrogen) atoms. The molecule has 0 aromatic rings. The molecule has 13 heteroatoms. The van der Waals surface area contributed by atoms with Crippen molar-refractivity contribution >= 4 is 40.5 Å². The van der Waals surface area contributed by atoms with Gasteiger partial charge in [-0.3, -0.25) is 18.2 Å². The standard InChI is InChI=1S/3Na.2H2O3S2.3H/c;;;2*1-5(2,3)4;;;/h;;;2*(H2,1,2,3,4);;;/q3*+1;;;3*-1. The minimum atomic E-state index is -3.83. The van der Waals surface area contributed by atoms with Crippen LogP contribution in [0.25, 0.3) is 0 Å². The van der Waals surface area contributed by atoms with Crippen LogP contribution in [0.4, 0.5) is 0 Å². The molecule has 0 saturated heterocycles. The van der Waals surface area contributed by atoms with Gasteiger partial charge >= 0.3 is 88.7 Å². The Balaban J connectivity index is -0.00000000970. The van der Waals surface area contributed by atoms with Crippen LogP contribution < -0.4 is 88.7 Å². The summed E-state index contributed by atoms with van der Waals surface area (Å²) < 4.78 is 47.9. The van der Waals surface area contributed by atoms with Crippen LogP contribution in [0.15, 0.2) is 0 Å². The third kappa shape index (κ3) is 224. The fraction of sp³-hybridized carbons (Fsp3) is 0. The van der Waals surface area contributed by atoms with Gasteiger partial charge in [-0.1, -0.05) is 0 Å². The molecule has 0 rings (SSSR count). The molecule has 0 amide bonds. The van der Waals surface area contributed by atoms with E-state index in [1.165, 1.54) is 0 Å². The van der Waals surface area contributed by atoms with Gasteiger partial charge in [0.25, 0.3) is 18.1 Å². The summed E-state index contributed by atoms with van der Waals surface area (Å²) in [6.45, 7) is 0. The second kappa shape index (κ2) is 13.6. The van der Waals surface area contributed by atoms with Crippen molar-refractivity contribution in [3.8, 4) is 0 Å². The van der Waals surface area contributed by atoms with Gasteiger partial charge in [-0.25, -0.2) is 0 Å². The van der Waals surface area contributed by atoms with Crippen LogP contribution in [0, 0.1) is 0 Å². The Morgan fingerprint density at radius 2 is 0.769 bits per heavy atom. The second-order valence-corrected chi connectivity index (χ2v) is 5.29. The average Bonchev–Trinajstić information content (AvgIpc) is 1.12. The molecule has 0 aliphatic carbocycles. The molecule has 6 nitrogen and oxygen atoms in total. The molecule has 0 aliphatic heterocycles. The zero-order chi connectivity index (χ0) is 9.00. The minimum absolute atomic E-state index is 0. The summed E-state index contributed by atoms with van der Waals surface area (Å²) >= 11 is 6.93. The Labute approximate surface area is 157 Å². The van der Waals surface area contributed by atoms with Crippen LogP contribution in [0.5, 0.6) is 0 Å². The first-order valence-electron chi connectivity index (χ1n) is 1.40. The zero-order valence-electron chi connectivity index (χ0n) is 10.2. The van der Waals surface area contributed by atoms with Crippen LogP contribution in [0.2, 0.25) is 0 Å². The SMILES string of the molecule is O=S(O)(O)=S.O=S(O)(O)=S.[H-].[H-].[H-].[Na+].[Na+].[Na+]. The van der Waals surface area contributed by atoms with Crippen LogP contribution in [0.1, 0.15) is 4.28 Å². The predicted octanol–water partition coefficient (Wildman–Crippen LogP) is -9.29. The predicted molar refractivity (Wildman–Crippen MR) is 44.9 cm³/mol. The van der Waals surface area contributed by atoms with E-state index >= 15 is 0 Å². The maximum absolute atomic E-state index is 9.11. The van der Waals surface area contributed by atoms with Crippen molar-refractivity contribution < 1.29 is 120 Å². The summed E-state index contributed by atoms with van der Waals surface area (Å²) in [6, 6.07) is 0. The monoisotopic (exact) mass is 300 g/mol. The fourth-order valence-corrected chi connectivity index (χ4v) is 0. The zero-order valence-corrected chi connectivity index (χ0v) is 16.5. The molecule has 0 aromatic carbocycles. The van der Waals surface area contributed by atoms with E-state index in [0.29, 0.717) is 0 Å². The van der Waals surface area contributed by atoms with E-state index in [1.54, 1.807) is 0 Å². The van der Waals surface area contributed by atoms with Gasteiger partial charge in [-0.2, -0.15) is 8.42 Å². The smallest absolute Gasteiger partial charge is 1.00 e. The maximum atomic E-state index is 9.11. The summed E-state index contributed by atoms with van der Waals surface area (Å²) in [5, 5.41) is 0. The molecule has 4 N–H and O–H groups in total. The summed E-state index contributed by atoms with van der Waals surface area (Å²) in [7, 11) is -7.67. The summed E-state index contributed by atoms with van der Waals surface area (Å²) in [6.07, 6.45) is 0. The van der Waals surface area contributed by atoms with Crippen molar-refractivity contribution in [2.75, 3.05) is 0 Å². The third-order valence-electron chi connectivity index (χ3n) is 0. The van der Waals surface area contributed by atoms with Crippen LogP contribution in [-0.4, -0.2) is 26.6 Å². The van der Waals surface area contributed by atoms with Gasteiger partial charge in [0.15, 0.2) is 0 Å². The maximum Gasteiger partial charge on any atom is 1.00 e. The average molecular weight is 300 g/mol. The van der Waals surface area contributed by atoms with E-state index in [2.05, 4.69) is 22.4 Å². The molecular formula is H7Na3O6S4. The van der Waals surface area contributed by atoms with Gasteiger partial charge < -0.3 is 4.28 Å². The van der Waals surface area contributed by atoms with Crippen LogP contribution in [-0.2, 0) is 40.5 Å². The first-order valence-corrected chi connectivity index (χ1v) is 6.19. The Morgan fingerprint density at radius 1 is 0.769 bits per heavy atom. The van der Waals surface area contributed by atoms with Crippen LogP contribution >= 0.6 is 0 Å². The van der Waals surface area contributed by atoms with E-state index < -0.39 is 18.1 Å². The molecule has 0 atom stereocenters. The van der Waals surface area contributed by atoms with E-state index in [9.17, 15) is 0 Å². The molecule has 0 heterocycles. The molecular weight excluding hydrogens is 293 g/mol. The van der Waals surface area contributed by atoms with Crippen molar-refractivity contribution in [3.63, 3.8) is 0 Å². The normalized spacial score (nSPS) is 8.92. The Morgan fingerprint density at radius 3 is 0.769 bits per heavy atom. The molecule has 0 fully saturated rings. The molecule has 0 unspecified atom stereocenters. The van der Waals surface area contributed by atoms with Crippen molar-refractivity contribution in [1.29, 1.82) is 0 Å². The van der Waals surface area contributed by atoms with Gasteiger partial charge in [-0.15, -0.1) is 0 Å². The van der Waals surface area contributed by atoms with Gasteiger partial charge in [0.1, 0.15) is 0 Å². The number of hydrogen-bond acceptors (Lipinski definition) is 4. The Kier molecular flexibility index (Phi) is 31.5. The third-order valence-corrected chi connectivity index (χ3v) is 0. The largest absolute Gasteiger partial charge is 1.00 e. The van der Waals surface area contributed by atoms with E-state index in [-0.39, 0.29) is 93.0 Å². The second-order valence-electron chi connectivity index (χ2n) is 0.896. The first-order chi connectivity index (χ1) is 4.00. The van der Waals surface area contributed by atoms with Crippen molar-refractivity contribution in [2.24, 2.45) is 0 Å². The van der Waals surface area contributed by atoms with Crippen molar-refractivity contribution in [3.05, 3.63) is 0 Å². The Hall–Kier alpha value is 3.58. The molecule has 0 aliphatic rings. The van der Waals surface area contributed by atoms with Crippen LogP contribution in [0.3, 0.4) is 0 Å². The number of rotatable bonds is 0. The van der Waals surface area contributed by atoms with Gasteiger partial charge in [0.05, 0.1) is 0 Å². The molecule has 0 spiro atoms. The number of hydrogen-bond donors (Lipinski definition) is 4. The fourth-order valence-electron chi connectivity index (χ4n) is 0. The molecule has 0 saturated carbocycles. The molecule has 0 bridgehead atoms. The minimum Gasteiger partial charge on any atom is -1.00 e. The molecule has 0 aromatic heterocycles. The summed E-state index contributed by atoms with van der Waals surface area (Å²) in [4.78, 5) is 0. The quantitative estimate of drug-likeness (QED) is 0.326. The van der Waals surface area contributed by atoms with Gasteiger partial charge in [0, 0.05) is 22.4 Å². The van der Waals surface area contributed by atoms with Crippen molar-refractivity contribution in [1.82, 2.24) is 0 Å². The van der Waals surface area contributed by atoms with Gasteiger partial charge in [-0.05, 0) is 0 Å². The molecule has 70 valence electrons. The van der Waals surface area contributed by atoms with E-state index in [1.807, 2.05) is 0 Å². The summed E-state index contributed by atoms with van der Waals surface area (Å²) in [5.74, 6) is 0. The molecule has 0 radical (unpaired) electrons. The van der Waals surface area contributed by atoms with Gasteiger partial charge in [0.2, 0.25) is 0 Å². The van der Waals surface area contributed by atoms with E-state index in [0.717, 1.165) is 0 Å².